The van der Waals surface area contributed by atoms with Crippen molar-refractivity contribution < 1.29 is 4.79 Å². The summed E-state index contributed by atoms with van der Waals surface area (Å²) in [4.78, 5) is 10.7. The van der Waals surface area contributed by atoms with Gasteiger partial charge in [0.2, 0.25) is 0 Å². The predicted molar refractivity (Wildman–Crippen MR) is 82.3 cm³/mol. The molecule has 0 aliphatic carbocycles. The van der Waals surface area contributed by atoms with Crippen LogP contribution in [0.1, 0.15) is 10.4 Å². The minimum absolute atomic E-state index is 0.261. The van der Waals surface area contributed by atoms with Crippen LogP contribution < -0.4 is 0 Å². The first-order chi connectivity index (χ1) is 8.95. The average molecular weight is 354 g/mol. The molecule has 2 aromatic carbocycles. The van der Waals surface area contributed by atoms with Gasteiger partial charge in [-0.25, -0.2) is 0 Å². The number of hydrogen-bond donors (Lipinski definition) is 0. The van der Waals surface area contributed by atoms with Gasteiger partial charge in [-0.3, -0.25) is 4.79 Å². The van der Waals surface area contributed by atoms with Gasteiger partial charge in [0.1, 0.15) is 6.29 Å². The molecule has 19 heavy (non-hydrogen) atoms. The van der Waals surface area contributed by atoms with Crippen molar-refractivity contribution >= 4 is 64.3 Å². The number of carbonyl (C=O) groups excluding carboxylic acids is 1. The highest BCUT2D eigenvalue weighted by Gasteiger charge is 2.17. The molecule has 98 valence electrons. The van der Waals surface area contributed by atoms with Crippen LogP contribution in [0.15, 0.2) is 24.3 Å². The van der Waals surface area contributed by atoms with Crippen molar-refractivity contribution in [2.45, 2.75) is 0 Å². The Bertz CT molecular complexity index is 640. The third kappa shape index (κ3) is 2.86. The van der Waals surface area contributed by atoms with Gasteiger partial charge in [0.05, 0.1) is 20.1 Å². The lowest BCUT2D eigenvalue weighted by atomic mass is 10.0. The fourth-order valence-electron chi connectivity index (χ4n) is 1.62. The van der Waals surface area contributed by atoms with E-state index in [2.05, 4.69) is 0 Å². The molecule has 0 bridgehead atoms. The molecule has 0 saturated carbocycles. The van der Waals surface area contributed by atoms with Crippen LogP contribution >= 0.6 is 58.0 Å². The number of benzene rings is 2. The van der Waals surface area contributed by atoms with Crippen molar-refractivity contribution in [3.8, 4) is 11.1 Å². The Morgan fingerprint density at radius 2 is 1.37 bits per heavy atom. The van der Waals surface area contributed by atoms with Crippen molar-refractivity contribution in [2.75, 3.05) is 0 Å². The summed E-state index contributed by atoms with van der Waals surface area (Å²) in [6, 6.07) is 6.23. The van der Waals surface area contributed by atoms with Gasteiger partial charge in [0.15, 0.2) is 0 Å². The summed E-state index contributed by atoms with van der Waals surface area (Å²) in [5.74, 6) is 0. The first kappa shape index (κ1) is 15.0. The number of rotatable bonds is 2. The fraction of sp³-hybridized carbons (Fsp3) is 0. The monoisotopic (exact) mass is 352 g/mol. The van der Waals surface area contributed by atoms with Gasteiger partial charge in [0, 0.05) is 21.7 Å². The largest absolute Gasteiger partial charge is 0.298 e. The quantitative estimate of drug-likeness (QED) is 0.448. The van der Waals surface area contributed by atoms with Gasteiger partial charge in [-0.05, 0) is 12.1 Å². The smallest absolute Gasteiger partial charge is 0.150 e. The summed E-state index contributed by atoms with van der Waals surface area (Å²) in [6.07, 6.45) is 0.698. The molecule has 2 aromatic rings. The Morgan fingerprint density at radius 3 is 1.84 bits per heavy atom. The van der Waals surface area contributed by atoms with Crippen LogP contribution in [0, 0.1) is 0 Å². The number of aldehydes is 1. The van der Waals surface area contributed by atoms with E-state index in [1.165, 1.54) is 12.1 Å². The topological polar surface area (TPSA) is 17.1 Å². The molecular weight excluding hydrogens is 349 g/mol. The average Bonchev–Trinajstić information content (AvgIpc) is 2.38. The summed E-state index contributed by atoms with van der Waals surface area (Å²) < 4.78 is 0. The van der Waals surface area contributed by atoms with Gasteiger partial charge in [-0.2, -0.15) is 0 Å². The zero-order valence-electron chi connectivity index (χ0n) is 9.18. The molecule has 0 aliphatic heterocycles. The van der Waals surface area contributed by atoms with E-state index >= 15 is 0 Å². The van der Waals surface area contributed by atoms with Crippen LogP contribution in [0.4, 0.5) is 0 Å². The summed E-state index contributed by atoms with van der Waals surface area (Å²) >= 11 is 30.4. The zero-order valence-corrected chi connectivity index (χ0v) is 13.0. The zero-order chi connectivity index (χ0) is 14.2. The fourth-order valence-corrected chi connectivity index (χ4v) is 2.91. The van der Waals surface area contributed by atoms with Crippen LogP contribution in [0.5, 0.6) is 0 Å². The Hall–Kier alpha value is -0.440. The highest BCUT2D eigenvalue weighted by atomic mass is 35.5. The molecule has 0 aromatic heterocycles. The lowest BCUT2D eigenvalue weighted by molar-refractivity contribution is 0.112. The maximum Gasteiger partial charge on any atom is 0.150 e. The predicted octanol–water partition coefficient (Wildman–Crippen LogP) is 6.43. The van der Waals surface area contributed by atoms with Crippen LogP contribution in [0.3, 0.4) is 0 Å². The summed E-state index contributed by atoms with van der Waals surface area (Å²) in [6.45, 7) is 0. The molecule has 0 radical (unpaired) electrons. The molecule has 1 nitrogen and oxygen atoms in total. The second-order valence-corrected chi connectivity index (χ2v) is 5.68. The number of hydrogen-bond acceptors (Lipinski definition) is 1. The molecule has 0 N–H and O–H groups in total. The SMILES string of the molecule is O=Cc1ccc(-c2c(Cl)c(Cl)cc(Cl)c2Cl)c(Cl)c1. The van der Waals surface area contributed by atoms with Crippen molar-refractivity contribution in [1.29, 1.82) is 0 Å². The minimum Gasteiger partial charge on any atom is -0.298 e. The van der Waals surface area contributed by atoms with E-state index in [0.29, 0.717) is 28.0 Å². The maximum atomic E-state index is 10.7. The third-order valence-electron chi connectivity index (χ3n) is 2.51. The molecule has 6 heteroatoms. The molecule has 0 aliphatic rings. The summed E-state index contributed by atoms with van der Waals surface area (Å²) in [7, 11) is 0. The van der Waals surface area contributed by atoms with Crippen molar-refractivity contribution in [3.63, 3.8) is 0 Å². The molecule has 0 unspecified atom stereocenters. The molecule has 0 amide bonds. The minimum atomic E-state index is 0.261. The van der Waals surface area contributed by atoms with Crippen molar-refractivity contribution in [2.24, 2.45) is 0 Å². The Kier molecular flexibility index (Phi) is 4.65. The molecule has 2 rings (SSSR count). The molecule has 0 spiro atoms. The molecule has 0 atom stereocenters. The summed E-state index contributed by atoms with van der Waals surface area (Å²) in [5, 5.41) is 1.42. The van der Waals surface area contributed by atoms with Crippen LogP contribution in [0.25, 0.3) is 11.1 Å². The van der Waals surface area contributed by atoms with Gasteiger partial charge < -0.3 is 0 Å². The van der Waals surface area contributed by atoms with Crippen molar-refractivity contribution in [3.05, 3.63) is 54.9 Å². The van der Waals surface area contributed by atoms with Gasteiger partial charge in [-0.1, -0.05) is 70.1 Å². The Labute approximate surface area is 135 Å². The molecule has 0 saturated heterocycles. The first-order valence-corrected chi connectivity index (χ1v) is 6.92. The van der Waals surface area contributed by atoms with Gasteiger partial charge in [-0.15, -0.1) is 0 Å². The second kappa shape index (κ2) is 5.90. The van der Waals surface area contributed by atoms with Gasteiger partial charge >= 0.3 is 0 Å². The standard InChI is InChI=1S/C13H5Cl5O/c14-8-3-6(5-19)1-2-7(8)11-12(17)9(15)4-10(16)13(11)18/h1-5H. The van der Waals surface area contributed by atoms with Crippen LogP contribution in [-0.4, -0.2) is 6.29 Å². The maximum absolute atomic E-state index is 10.7. The van der Waals surface area contributed by atoms with Gasteiger partial charge in [0.25, 0.3) is 0 Å². The second-order valence-electron chi connectivity index (χ2n) is 3.70. The molecule has 0 fully saturated rings. The third-order valence-corrected chi connectivity index (χ3v) is 4.40. The normalized spacial score (nSPS) is 10.6. The first-order valence-electron chi connectivity index (χ1n) is 5.03. The van der Waals surface area contributed by atoms with E-state index < -0.39 is 0 Å². The van der Waals surface area contributed by atoms with E-state index in [-0.39, 0.29) is 20.1 Å². The van der Waals surface area contributed by atoms with Crippen LogP contribution in [-0.2, 0) is 0 Å². The molecule has 0 heterocycles. The number of halogens is 5. The van der Waals surface area contributed by atoms with Crippen molar-refractivity contribution in [1.82, 2.24) is 0 Å². The highest BCUT2D eigenvalue weighted by molar-refractivity contribution is 6.50. The van der Waals surface area contributed by atoms with E-state index in [9.17, 15) is 4.79 Å². The Morgan fingerprint density at radius 1 is 0.789 bits per heavy atom. The lowest BCUT2D eigenvalue weighted by Crippen LogP contribution is -1.88. The Balaban J connectivity index is 2.75. The highest BCUT2D eigenvalue weighted by Crippen LogP contribution is 2.45. The van der Waals surface area contributed by atoms with Crippen LogP contribution in [0.2, 0.25) is 25.1 Å². The summed E-state index contributed by atoms with van der Waals surface area (Å²) in [5.41, 5.74) is 1.46. The lowest BCUT2D eigenvalue weighted by Gasteiger charge is -2.12. The van der Waals surface area contributed by atoms with E-state index in [4.69, 9.17) is 58.0 Å². The molecular formula is C13H5Cl5O. The van der Waals surface area contributed by atoms with E-state index in [0.717, 1.165) is 0 Å². The number of carbonyl (C=O) groups is 1. The van der Waals surface area contributed by atoms with E-state index in [1.54, 1.807) is 12.1 Å². The van der Waals surface area contributed by atoms with E-state index in [1.807, 2.05) is 0 Å².